The number of likely N-dealkylation sites (tertiary alicyclic amines) is 1. The molecule has 36 heavy (non-hydrogen) atoms. The van der Waals surface area contributed by atoms with Crippen LogP contribution in [0.4, 0.5) is 5.82 Å². The molecule has 0 bridgehead atoms. The van der Waals surface area contributed by atoms with Crippen molar-refractivity contribution in [1.82, 2.24) is 34.1 Å². The van der Waals surface area contributed by atoms with E-state index in [4.69, 9.17) is 10.5 Å². The first-order valence-corrected chi connectivity index (χ1v) is 12.7. The van der Waals surface area contributed by atoms with Gasteiger partial charge >= 0.3 is 0 Å². The number of ether oxygens (including phenoxy) is 1. The highest BCUT2D eigenvalue weighted by molar-refractivity contribution is 5.99. The Morgan fingerprint density at radius 1 is 1.22 bits per heavy atom. The Hall–Kier alpha value is -3.31. The third kappa shape index (κ3) is 4.72. The summed E-state index contributed by atoms with van der Waals surface area (Å²) in [6, 6.07) is 2.10. The van der Waals surface area contributed by atoms with Crippen LogP contribution in [0, 0.1) is 0 Å². The number of carbonyl (C=O) groups excluding carboxylic acids is 2. The zero-order valence-corrected chi connectivity index (χ0v) is 20.9. The number of unbranched alkanes of at least 4 members (excludes halogenated alkanes) is 1. The number of nitrogens with zero attached hydrogens (tertiary/aromatic N) is 7. The zero-order valence-electron chi connectivity index (χ0n) is 20.9. The van der Waals surface area contributed by atoms with Gasteiger partial charge in [0.05, 0.1) is 11.1 Å². The first-order chi connectivity index (χ1) is 17.5. The van der Waals surface area contributed by atoms with Crippen molar-refractivity contribution in [3.63, 3.8) is 0 Å². The highest BCUT2D eigenvalue weighted by atomic mass is 16.5. The van der Waals surface area contributed by atoms with Crippen molar-refractivity contribution in [3.05, 3.63) is 24.8 Å². The van der Waals surface area contributed by atoms with Gasteiger partial charge in [0.2, 0.25) is 0 Å². The summed E-state index contributed by atoms with van der Waals surface area (Å²) in [6.45, 7) is 2.50. The molecule has 2 atom stereocenters. The summed E-state index contributed by atoms with van der Waals surface area (Å²) in [5.41, 5.74) is 8.53. The van der Waals surface area contributed by atoms with Gasteiger partial charge in [-0.2, -0.15) is 5.10 Å². The van der Waals surface area contributed by atoms with Crippen LogP contribution in [0.3, 0.4) is 0 Å². The molecular weight excluding hydrogens is 460 g/mol. The molecule has 0 spiro atoms. The molecule has 3 aromatic heterocycles. The Bertz CT molecular complexity index is 1230. The molecule has 3 aromatic rings. The summed E-state index contributed by atoms with van der Waals surface area (Å²) in [5, 5.41) is 5.27. The van der Waals surface area contributed by atoms with Crippen LogP contribution < -0.4 is 5.73 Å². The van der Waals surface area contributed by atoms with E-state index in [1.807, 2.05) is 35.0 Å². The Morgan fingerprint density at radius 3 is 2.75 bits per heavy atom. The predicted molar refractivity (Wildman–Crippen MR) is 135 cm³/mol. The number of fused-ring (bicyclic) bond motifs is 1. The lowest BCUT2D eigenvalue weighted by Gasteiger charge is -2.38. The summed E-state index contributed by atoms with van der Waals surface area (Å²) in [4.78, 5) is 37.5. The Morgan fingerprint density at radius 2 is 2.03 bits per heavy atom. The number of amides is 1. The fourth-order valence-corrected chi connectivity index (χ4v) is 5.40. The smallest absolute Gasteiger partial charge is 0.252 e. The largest absolute Gasteiger partial charge is 0.383 e. The van der Waals surface area contributed by atoms with Crippen LogP contribution in [0.1, 0.15) is 44.8 Å². The van der Waals surface area contributed by atoms with E-state index in [1.54, 1.807) is 4.68 Å². The lowest BCUT2D eigenvalue weighted by Crippen LogP contribution is -2.50. The van der Waals surface area contributed by atoms with E-state index in [2.05, 4.69) is 27.0 Å². The molecule has 192 valence electrons. The second-order valence-corrected chi connectivity index (χ2v) is 9.81. The summed E-state index contributed by atoms with van der Waals surface area (Å²) in [6.07, 6.45) is 9.63. The fraction of sp³-hybridized carbons (Fsp3) is 0.560. The molecular formula is C25H34N8O3. The highest BCUT2D eigenvalue weighted by Crippen LogP contribution is 2.38. The molecule has 1 amide bonds. The zero-order chi connectivity index (χ0) is 25.2. The maximum atomic E-state index is 13.7. The van der Waals surface area contributed by atoms with Crippen molar-refractivity contribution in [3.8, 4) is 11.3 Å². The van der Waals surface area contributed by atoms with Gasteiger partial charge in [0, 0.05) is 44.0 Å². The first-order valence-electron chi connectivity index (χ1n) is 12.7. The summed E-state index contributed by atoms with van der Waals surface area (Å²) in [7, 11) is 3.97. The van der Waals surface area contributed by atoms with Crippen LogP contribution in [-0.4, -0.2) is 85.1 Å². The second kappa shape index (κ2) is 10.4. The van der Waals surface area contributed by atoms with E-state index in [0.717, 1.165) is 48.9 Å². The average molecular weight is 495 g/mol. The van der Waals surface area contributed by atoms with E-state index in [-0.39, 0.29) is 18.2 Å². The number of anilines is 1. The van der Waals surface area contributed by atoms with Crippen LogP contribution in [0.5, 0.6) is 0 Å². The molecule has 2 N–H and O–H groups in total. The number of carbonyl (C=O) groups is 2. The molecule has 11 heteroatoms. The highest BCUT2D eigenvalue weighted by Gasteiger charge is 2.38. The minimum atomic E-state index is -0.527. The molecule has 0 radical (unpaired) electrons. The number of rotatable bonds is 8. The van der Waals surface area contributed by atoms with Crippen LogP contribution in [0.15, 0.2) is 24.8 Å². The molecule has 2 aliphatic rings. The van der Waals surface area contributed by atoms with Gasteiger partial charge in [0.1, 0.15) is 36.4 Å². The van der Waals surface area contributed by atoms with Crippen molar-refractivity contribution >= 4 is 29.0 Å². The molecule has 5 heterocycles. The number of aromatic nitrogens is 5. The number of aryl methyl sites for hydroxylation is 1. The van der Waals surface area contributed by atoms with Crippen molar-refractivity contribution in [1.29, 1.82) is 0 Å². The Balaban J connectivity index is 1.38. The van der Waals surface area contributed by atoms with Gasteiger partial charge in [-0.05, 0) is 58.3 Å². The minimum Gasteiger partial charge on any atom is -0.383 e. The Labute approximate surface area is 210 Å². The predicted octanol–water partition coefficient (Wildman–Crippen LogP) is 1.99. The lowest BCUT2D eigenvalue weighted by atomic mass is 10.0. The molecule has 5 rings (SSSR count). The Kier molecular flexibility index (Phi) is 7.01. The van der Waals surface area contributed by atoms with Crippen LogP contribution >= 0.6 is 0 Å². The van der Waals surface area contributed by atoms with E-state index in [9.17, 15) is 9.59 Å². The maximum absolute atomic E-state index is 13.7. The number of aldehydes is 1. The molecule has 2 fully saturated rings. The van der Waals surface area contributed by atoms with E-state index in [0.29, 0.717) is 43.7 Å². The van der Waals surface area contributed by atoms with Gasteiger partial charge in [0.15, 0.2) is 0 Å². The minimum absolute atomic E-state index is 0.0218. The standard InChI is InChI=1S/C25H34N8O3/c1-30-11-7-17(8-12-30)32(10-3-4-14-34)25(35)20-5-6-21(36-20)33-15-18(19-9-13-31(2)29-19)22-23(26)27-16-28-24(22)33/h9,13-17,20-21H,3-8,10-12H2,1-2H3,(H2,26,27,28). The van der Waals surface area contributed by atoms with Crippen LogP contribution in [0.25, 0.3) is 22.3 Å². The van der Waals surface area contributed by atoms with Gasteiger partial charge in [-0.15, -0.1) is 0 Å². The quantitative estimate of drug-likeness (QED) is 0.372. The van der Waals surface area contributed by atoms with Gasteiger partial charge in [0.25, 0.3) is 5.91 Å². The summed E-state index contributed by atoms with van der Waals surface area (Å²) in [5.74, 6) is 0.405. The number of nitrogen functional groups attached to an aromatic ring is 1. The van der Waals surface area contributed by atoms with E-state index < -0.39 is 6.10 Å². The first kappa shape index (κ1) is 24.4. The van der Waals surface area contributed by atoms with Crippen molar-refractivity contribution in [2.45, 2.75) is 56.9 Å². The van der Waals surface area contributed by atoms with Gasteiger partial charge in [-0.25, -0.2) is 9.97 Å². The lowest BCUT2D eigenvalue weighted by molar-refractivity contribution is -0.148. The van der Waals surface area contributed by atoms with Crippen molar-refractivity contribution < 1.29 is 14.3 Å². The second-order valence-electron chi connectivity index (χ2n) is 9.81. The van der Waals surface area contributed by atoms with E-state index >= 15 is 0 Å². The number of nitrogens with two attached hydrogens (primary N) is 1. The molecule has 2 aliphatic heterocycles. The number of hydrogen-bond acceptors (Lipinski definition) is 8. The number of hydrogen-bond donors (Lipinski definition) is 1. The normalized spacial score (nSPS) is 21.3. The number of piperidine rings is 1. The summed E-state index contributed by atoms with van der Waals surface area (Å²) >= 11 is 0. The van der Waals surface area contributed by atoms with Gasteiger partial charge < -0.3 is 29.6 Å². The third-order valence-electron chi connectivity index (χ3n) is 7.34. The molecule has 2 saturated heterocycles. The molecule has 2 unspecified atom stereocenters. The monoisotopic (exact) mass is 494 g/mol. The fourth-order valence-electron chi connectivity index (χ4n) is 5.40. The maximum Gasteiger partial charge on any atom is 0.252 e. The molecule has 11 nitrogen and oxygen atoms in total. The van der Waals surface area contributed by atoms with Crippen molar-refractivity contribution in [2.75, 3.05) is 32.4 Å². The van der Waals surface area contributed by atoms with Crippen molar-refractivity contribution in [2.24, 2.45) is 7.05 Å². The molecule has 0 aliphatic carbocycles. The van der Waals surface area contributed by atoms with E-state index in [1.165, 1.54) is 6.33 Å². The van der Waals surface area contributed by atoms with Crippen LogP contribution in [-0.2, 0) is 21.4 Å². The third-order valence-corrected chi connectivity index (χ3v) is 7.34. The summed E-state index contributed by atoms with van der Waals surface area (Å²) < 4.78 is 10.1. The molecule has 0 aromatic carbocycles. The SMILES string of the molecule is CN1CCC(N(CCCC=O)C(=O)C2CCC(n3cc(-c4ccn(C)n4)c4c(N)ncnc43)O2)CC1. The molecule has 0 saturated carbocycles. The van der Waals surface area contributed by atoms with Gasteiger partial charge in [-0.1, -0.05) is 0 Å². The topological polar surface area (TPSA) is 124 Å². The average Bonchev–Trinajstić information content (AvgIpc) is 3.61. The van der Waals surface area contributed by atoms with Gasteiger partial charge in [-0.3, -0.25) is 9.48 Å². The van der Waals surface area contributed by atoms with Crippen LogP contribution in [0.2, 0.25) is 0 Å².